The van der Waals surface area contributed by atoms with Gasteiger partial charge in [-0.15, -0.1) is 0 Å². The number of carbonyl (C=O) groups excluding carboxylic acids is 1. The van der Waals surface area contributed by atoms with Gasteiger partial charge in [0, 0.05) is 5.39 Å². The quantitative estimate of drug-likeness (QED) is 0.691. The summed E-state index contributed by atoms with van der Waals surface area (Å²) in [6, 6.07) is 17.4. The van der Waals surface area contributed by atoms with Crippen LogP contribution < -0.4 is 10.6 Å². The van der Waals surface area contributed by atoms with Gasteiger partial charge in [-0.05, 0) is 23.6 Å². The smallest absolute Gasteiger partial charge is 0.412 e. The molecule has 7 heteroatoms. The normalized spacial score (nSPS) is 25.8. The second-order valence-electron chi connectivity index (χ2n) is 7.26. The van der Waals surface area contributed by atoms with Crippen LogP contribution in [0.5, 0.6) is 0 Å². The molecule has 2 N–H and O–H groups in total. The van der Waals surface area contributed by atoms with Crippen LogP contribution in [0.3, 0.4) is 0 Å². The Morgan fingerprint density at radius 1 is 1.00 bits per heavy atom. The summed E-state index contributed by atoms with van der Waals surface area (Å²) in [5.41, 5.74) is 0.717. The Morgan fingerprint density at radius 3 is 2.76 bits per heavy atom. The van der Waals surface area contributed by atoms with Gasteiger partial charge < -0.3 is 23.9 Å². The lowest BCUT2D eigenvalue weighted by atomic mass is 10.1. The molecule has 0 radical (unpaired) electrons. The highest BCUT2D eigenvalue weighted by Crippen LogP contribution is 2.30. The summed E-state index contributed by atoms with van der Waals surface area (Å²) in [6.45, 7) is 1.42. The second kappa shape index (κ2) is 7.87. The first-order valence-electron chi connectivity index (χ1n) is 9.72. The molecule has 0 spiro atoms. The van der Waals surface area contributed by atoms with E-state index in [0.717, 1.165) is 16.5 Å². The zero-order chi connectivity index (χ0) is 19.6. The van der Waals surface area contributed by atoms with Crippen molar-refractivity contribution in [3.05, 3.63) is 66.6 Å². The van der Waals surface area contributed by atoms with Gasteiger partial charge >= 0.3 is 6.09 Å². The summed E-state index contributed by atoms with van der Waals surface area (Å²) >= 11 is 0. The van der Waals surface area contributed by atoms with Crippen molar-refractivity contribution in [2.24, 2.45) is 0 Å². The minimum Gasteiger partial charge on any atom is -0.468 e. The third-order valence-corrected chi connectivity index (χ3v) is 5.41. The molecule has 5 rings (SSSR count). The van der Waals surface area contributed by atoms with Crippen LogP contribution in [0.15, 0.2) is 65.3 Å². The van der Waals surface area contributed by atoms with Crippen LogP contribution in [0, 0.1) is 0 Å². The van der Waals surface area contributed by atoms with E-state index in [0.29, 0.717) is 25.4 Å². The minimum atomic E-state index is -0.508. The number of anilines is 1. The lowest BCUT2D eigenvalue weighted by Gasteiger charge is -2.18. The molecule has 0 bridgehead atoms. The number of hydrogen-bond donors (Lipinski definition) is 2. The van der Waals surface area contributed by atoms with Gasteiger partial charge in [0.1, 0.15) is 18.0 Å². The minimum absolute atomic E-state index is 0.0276. The van der Waals surface area contributed by atoms with Crippen LogP contribution in [-0.2, 0) is 20.8 Å². The first kappa shape index (κ1) is 18.2. The van der Waals surface area contributed by atoms with Gasteiger partial charge in [0.05, 0.1) is 37.8 Å². The van der Waals surface area contributed by atoms with Crippen LogP contribution >= 0.6 is 0 Å². The van der Waals surface area contributed by atoms with Gasteiger partial charge in [-0.25, -0.2) is 4.79 Å². The molecule has 7 nitrogen and oxygen atoms in total. The zero-order valence-corrected chi connectivity index (χ0v) is 15.7. The molecule has 150 valence electrons. The lowest BCUT2D eigenvalue weighted by molar-refractivity contribution is 0.00853. The summed E-state index contributed by atoms with van der Waals surface area (Å²) in [7, 11) is 0. The maximum Gasteiger partial charge on any atom is 0.412 e. The van der Waals surface area contributed by atoms with E-state index in [1.54, 1.807) is 6.26 Å². The van der Waals surface area contributed by atoms with Crippen molar-refractivity contribution in [2.45, 2.75) is 30.9 Å². The van der Waals surface area contributed by atoms with Gasteiger partial charge in [0.15, 0.2) is 6.10 Å². The summed E-state index contributed by atoms with van der Waals surface area (Å²) in [4.78, 5) is 12.5. The average Bonchev–Trinajstić information content (AvgIpc) is 3.46. The van der Waals surface area contributed by atoms with Crippen LogP contribution in [0.1, 0.15) is 5.76 Å². The molecule has 2 aliphatic rings. The maximum atomic E-state index is 12.5. The average molecular weight is 394 g/mol. The number of amides is 1. The number of ether oxygens (including phenoxy) is 3. The number of furan rings is 1. The number of carbonyl (C=O) groups is 1. The Labute approximate surface area is 167 Å². The van der Waals surface area contributed by atoms with Crippen molar-refractivity contribution >= 4 is 22.6 Å². The van der Waals surface area contributed by atoms with Crippen LogP contribution in [0.2, 0.25) is 0 Å². The first-order valence-corrected chi connectivity index (χ1v) is 9.72. The van der Waals surface area contributed by atoms with Crippen molar-refractivity contribution < 1.29 is 23.4 Å². The van der Waals surface area contributed by atoms with Crippen LogP contribution in [0.25, 0.3) is 10.8 Å². The molecule has 0 aliphatic carbocycles. The van der Waals surface area contributed by atoms with Gasteiger partial charge in [-0.2, -0.15) is 0 Å². The van der Waals surface area contributed by atoms with Crippen molar-refractivity contribution in [3.8, 4) is 0 Å². The van der Waals surface area contributed by atoms with E-state index >= 15 is 0 Å². The topological polar surface area (TPSA) is 82.0 Å². The summed E-state index contributed by atoms with van der Waals surface area (Å²) < 4.78 is 22.7. The Kier molecular flexibility index (Phi) is 4.93. The molecular weight excluding hydrogens is 372 g/mol. The largest absolute Gasteiger partial charge is 0.468 e. The number of nitrogens with one attached hydrogen (secondary N) is 2. The van der Waals surface area contributed by atoms with Crippen molar-refractivity contribution in [3.63, 3.8) is 0 Å². The zero-order valence-electron chi connectivity index (χ0n) is 15.7. The molecule has 2 saturated heterocycles. The standard InChI is InChI=1S/C22H22N2O5/c25-22(24-17-9-3-6-14-5-1-2-8-16(14)17)29-19-13-28-20-18(12-27-21(19)20)23-11-15-7-4-10-26-15/h1-10,18-21,23H,11-13H2,(H,24,25)/t18-,19-,20-,21+/m0/s1. The number of rotatable bonds is 5. The van der Waals surface area contributed by atoms with E-state index in [4.69, 9.17) is 18.6 Å². The SMILES string of the molecule is O=C(Nc1cccc2ccccc12)O[C@H]1CO[C@@H]2[C@@H]1OC[C@@H]2NCc1ccco1. The molecule has 1 amide bonds. The second-order valence-corrected chi connectivity index (χ2v) is 7.26. The summed E-state index contributed by atoms with van der Waals surface area (Å²) in [5.74, 6) is 0.855. The third kappa shape index (κ3) is 3.72. The van der Waals surface area contributed by atoms with Gasteiger partial charge in [-0.1, -0.05) is 36.4 Å². The van der Waals surface area contributed by atoms with Crippen LogP contribution in [-0.4, -0.2) is 43.7 Å². The van der Waals surface area contributed by atoms with E-state index < -0.39 is 12.2 Å². The van der Waals surface area contributed by atoms with Crippen LogP contribution in [0.4, 0.5) is 10.5 Å². The van der Waals surface area contributed by atoms with E-state index in [2.05, 4.69) is 10.6 Å². The van der Waals surface area contributed by atoms with Crippen molar-refractivity contribution in [2.75, 3.05) is 18.5 Å². The molecule has 0 unspecified atom stereocenters. The van der Waals surface area contributed by atoms with E-state index in [9.17, 15) is 4.79 Å². The van der Waals surface area contributed by atoms with Gasteiger partial charge in [0.25, 0.3) is 0 Å². The number of hydrogen-bond acceptors (Lipinski definition) is 6. The lowest BCUT2D eigenvalue weighted by Crippen LogP contribution is -2.41. The van der Waals surface area contributed by atoms with E-state index in [1.807, 2.05) is 54.6 Å². The molecule has 1 aromatic heterocycles. The molecule has 2 aliphatic heterocycles. The third-order valence-electron chi connectivity index (χ3n) is 5.41. The molecule has 2 fully saturated rings. The monoisotopic (exact) mass is 394 g/mol. The molecule has 2 aromatic carbocycles. The first-order chi connectivity index (χ1) is 14.3. The summed E-state index contributed by atoms with van der Waals surface area (Å²) in [5, 5.41) is 8.26. The maximum absolute atomic E-state index is 12.5. The highest BCUT2D eigenvalue weighted by atomic mass is 16.6. The van der Waals surface area contributed by atoms with Gasteiger partial charge in [-0.3, -0.25) is 5.32 Å². The molecule has 29 heavy (non-hydrogen) atoms. The molecule has 3 heterocycles. The van der Waals surface area contributed by atoms with E-state index in [1.165, 1.54) is 0 Å². The Balaban J connectivity index is 1.19. The predicted octanol–water partition coefficient (Wildman–Crippen LogP) is 3.31. The highest BCUT2D eigenvalue weighted by molar-refractivity contribution is 6.00. The number of benzene rings is 2. The Morgan fingerprint density at radius 2 is 1.86 bits per heavy atom. The van der Waals surface area contributed by atoms with Crippen molar-refractivity contribution in [1.82, 2.24) is 5.32 Å². The Hall–Kier alpha value is -2.87. The van der Waals surface area contributed by atoms with Gasteiger partial charge in [0.2, 0.25) is 0 Å². The molecule has 0 saturated carbocycles. The summed E-state index contributed by atoms with van der Waals surface area (Å²) in [6.07, 6.45) is 0.273. The molecule has 4 atom stereocenters. The molecule has 3 aromatic rings. The van der Waals surface area contributed by atoms with E-state index in [-0.39, 0.29) is 18.2 Å². The number of fused-ring (bicyclic) bond motifs is 2. The fourth-order valence-electron chi connectivity index (χ4n) is 4.00. The highest BCUT2D eigenvalue weighted by Gasteiger charge is 2.49. The predicted molar refractivity (Wildman–Crippen MR) is 107 cm³/mol. The fraction of sp³-hybridized carbons (Fsp3) is 0.318. The fourth-order valence-corrected chi connectivity index (χ4v) is 4.00. The Bertz CT molecular complexity index is 985. The molecular formula is C22H22N2O5. The van der Waals surface area contributed by atoms with Crippen molar-refractivity contribution in [1.29, 1.82) is 0 Å².